The van der Waals surface area contributed by atoms with Gasteiger partial charge in [-0.3, -0.25) is 10.1 Å². The van der Waals surface area contributed by atoms with E-state index in [1.807, 2.05) is 25.1 Å². The molecule has 156 valence electrons. The molecule has 7 heteroatoms. The van der Waals surface area contributed by atoms with Crippen molar-refractivity contribution in [3.8, 4) is 22.6 Å². The highest BCUT2D eigenvalue weighted by Crippen LogP contribution is 2.30. The summed E-state index contributed by atoms with van der Waals surface area (Å²) in [5, 5.41) is 11.6. The van der Waals surface area contributed by atoms with E-state index in [9.17, 15) is 14.9 Å². The number of nitrogens with zero attached hydrogens (tertiary/aromatic N) is 1. The molecule has 3 aromatic carbocycles. The van der Waals surface area contributed by atoms with Crippen LogP contribution in [0.4, 0.5) is 5.69 Å². The Hall–Kier alpha value is -4.13. The monoisotopic (exact) mass is 417 g/mol. The van der Waals surface area contributed by atoms with Crippen LogP contribution >= 0.6 is 0 Å². The van der Waals surface area contributed by atoms with E-state index in [0.717, 1.165) is 22.1 Å². The van der Waals surface area contributed by atoms with E-state index in [2.05, 4.69) is 0 Å². The van der Waals surface area contributed by atoms with Crippen molar-refractivity contribution in [1.82, 2.24) is 0 Å². The second-order valence-electron chi connectivity index (χ2n) is 6.99. The standard InChI is InChI=1S/C24H19NO6/c1-15-21-12-11-20(30-14-16-3-7-18(8-4-16)25(27)28)13-22(21)31-24(26)23(15)17-5-9-19(29-2)10-6-17/h3-13H,14H2,1-2H3. The largest absolute Gasteiger partial charge is 0.497 e. The maximum absolute atomic E-state index is 12.7. The molecule has 0 saturated carbocycles. The van der Waals surface area contributed by atoms with Gasteiger partial charge in [-0.15, -0.1) is 0 Å². The number of methoxy groups -OCH3 is 1. The summed E-state index contributed by atoms with van der Waals surface area (Å²) >= 11 is 0. The van der Waals surface area contributed by atoms with Crippen LogP contribution < -0.4 is 15.1 Å². The fourth-order valence-electron chi connectivity index (χ4n) is 3.40. The number of benzene rings is 3. The van der Waals surface area contributed by atoms with Gasteiger partial charge in [-0.2, -0.15) is 0 Å². The molecule has 0 amide bonds. The maximum Gasteiger partial charge on any atom is 0.344 e. The molecule has 4 aromatic rings. The lowest BCUT2D eigenvalue weighted by atomic mass is 9.99. The van der Waals surface area contributed by atoms with E-state index in [-0.39, 0.29) is 12.3 Å². The minimum atomic E-state index is -0.446. The van der Waals surface area contributed by atoms with Gasteiger partial charge in [-0.1, -0.05) is 12.1 Å². The van der Waals surface area contributed by atoms with Crippen molar-refractivity contribution in [3.05, 3.63) is 98.4 Å². The number of fused-ring (bicyclic) bond motifs is 1. The summed E-state index contributed by atoms with van der Waals surface area (Å²) in [6, 6.07) is 18.7. The Bertz CT molecular complexity index is 1310. The summed E-state index contributed by atoms with van der Waals surface area (Å²) in [6.45, 7) is 2.12. The zero-order valence-corrected chi connectivity index (χ0v) is 17.0. The molecule has 4 rings (SSSR count). The number of nitro groups is 1. The molecule has 0 aliphatic carbocycles. The van der Waals surface area contributed by atoms with Crippen molar-refractivity contribution in [2.75, 3.05) is 7.11 Å². The summed E-state index contributed by atoms with van der Waals surface area (Å²) < 4.78 is 16.5. The minimum absolute atomic E-state index is 0.0272. The first kappa shape index (κ1) is 20.2. The zero-order valence-electron chi connectivity index (χ0n) is 17.0. The molecule has 0 bridgehead atoms. The molecule has 0 radical (unpaired) electrons. The Kier molecular flexibility index (Phi) is 5.41. The number of non-ortho nitro benzene ring substituents is 1. The summed E-state index contributed by atoms with van der Waals surface area (Å²) in [6.07, 6.45) is 0. The average Bonchev–Trinajstić information content (AvgIpc) is 2.78. The van der Waals surface area contributed by atoms with Gasteiger partial charge in [0, 0.05) is 23.6 Å². The molecule has 7 nitrogen and oxygen atoms in total. The number of rotatable bonds is 6. The van der Waals surface area contributed by atoms with Gasteiger partial charge >= 0.3 is 5.63 Å². The lowest BCUT2D eigenvalue weighted by Crippen LogP contribution is -2.06. The molecule has 0 aliphatic heterocycles. The summed E-state index contributed by atoms with van der Waals surface area (Å²) in [7, 11) is 1.59. The Morgan fingerprint density at radius 1 is 0.968 bits per heavy atom. The van der Waals surface area contributed by atoms with Crippen LogP contribution in [0.25, 0.3) is 22.1 Å². The van der Waals surface area contributed by atoms with Crippen molar-refractivity contribution in [3.63, 3.8) is 0 Å². The van der Waals surface area contributed by atoms with Gasteiger partial charge in [0.25, 0.3) is 5.69 Å². The second kappa shape index (κ2) is 8.31. The molecular weight excluding hydrogens is 398 g/mol. The molecule has 0 N–H and O–H groups in total. The molecule has 0 spiro atoms. The third kappa shape index (κ3) is 4.11. The SMILES string of the molecule is COc1ccc(-c2c(C)c3ccc(OCc4ccc([N+](=O)[O-])cc4)cc3oc2=O)cc1. The highest BCUT2D eigenvalue weighted by atomic mass is 16.6. The molecular formula is C24H19NO6. The third-order valence-electron chi connectivity index (χ3n) is 5.07. The molecule has 1 heterocycles. The number of nitro benzene ring substituents is 1. The number of aryl methyl sites for hydroxylation is 1. The normalized spacial score (nSPS) is 10.8. The van der Waals surface area contributed by atoms with Crippen molar-refractivity contribution in [2.45, 2.75) is 13.5 Å². The fourth-order valence-corrected chi connectivity index (χ4v) is 3.40. The first-order valence-electron chi connectivity index (χ1n) is 9.54. The highest BCUT2D eigenvalue weighted by Gasteiger charge is 2.14. The zero-order chi connectivity index (χ0) is 22.0. The molecule has 1 aromatic heterocycles. The van der Waals surface area contributed by atoms with Crippen LogP contribution in [-0.4, -0.2) is 12.0 Å². The molecule has 0 unspecified atom stereocenters. The van der Waals surface area contributed by atoms with E-state index in [4.69, 9.17) is 13.9 Å². The second-order valence-corrected chi connectivity index (χ2v) is 6.99. The van der Waals surface area contributed by atoms with Crippen LogP contribution in [0.5, 0.6) is 11.5 Å². The van der Waals surface area contributed by atoms with Gasteiger partial charge in [-0.05, 0) is 60.0 Å². The number of ether oxygens (including phenoxy) is 2. The van der Waals surface area contributed by atoms with Gasteiger partial charge in [-0.25, -0.2) is 4.79 Å². The predicted molar refractivity (Wildman–Crippen MR) is 117 cm³/mol. The quantitative estimate of drug-likeness (QED) is 0.241. The summed E-state index contributed by atoms with van der Waals surface area (Å²) in [5.41, 5.74) is 2.90. The van der Waals surface area contributed by atoms with E-state index in [1.165, 1.54) is 12.1 Å². The molecule has 31 heavy (non-hydrogen) atoms. The lowest BCUT2D eigenvalue weighted by Gasteiger charge is -2.11. The predicted octanol–water partition coefficient (Wildman–Crippen LogP) is 5.26. The van der Waals surface area contributed by atoms with Crippen LogP contribution in [0, 0.1) is 17.0 Å². The van der Waals surface area contributed by atoms with Gasteiger partial charge in [0.1, 0.15) is 23.7 Å². The van der Waals surface area contributed by atoms with Gasteiger partial charge in [0.15, 0.2) is 0 Å². The topological polar surface area (TPSA) is 91.8 Å². The summed E-state index contributed by atoms with van der Waals surface area (Å²) in [5.74, 6) is 1.24. The van der Waals surface area contributed by atoms with E-state index >= 15 is 0 Å². The van der Waals surface area contributed by atoms with Crippen molar-refractivity contribution in [2.24, 2.45) is 0 Å². The highest BCUT2D eigenvalue weighted by molar-refractivity contribution is 5.87. The van der Waals surface area contributed by atoms with Crippen molar-refractivity contribution >= 4 is 16.7 Å². The number of hydrogen-bond acceptors (Lipinski definition) is 6. The molecule has 0 atom stereocenters. The Morgan fingerprint density at radius 2 is 1.65 bits per heavy atom. The van der Waals surface area contributed by atoms with E-state index in [1.54, 1.807) is 43.5 Å². The third-order valence-corrected chi connectivity index (χ3v) is 5.07. The average molecular weight is 417 g/mol. The van der Waals surface area contributed by atoms with Crippen molar-refractivity contribution < 1.29 is 18.8 Å². The minimum Gasteiger partial charge on any atom is -0.497 e. The number of hydrogen-bond donors (Lipinski definition) is 0. The van der Waals surface area contributed by atoms with Gasteiger partial charge in [0.05, 0.1) is 17.6 Å². The molecule has 0 saturated heterocycles. The van der Waals surface area contributed by atoms with Crippen LogP contribution in [0.1, 0.15) is 11.1 Å². The van der Waals surface area contributed by atoms with Crippen LogP contribution in [-0.2, 0) is 6.61 Å². The molecule has 0 aliphatic rings. The smallest absolute Gasteiger partial charge is 0.344 e. The first-order valence-corrected chi connectivity index (χ1v) is 9.54. The van der Waals surface area contributed by atoms with E-state index < -0.39 is 10.5 Å². The van der Waals surface area contributed by atoms with E-state index in [0.29, 0.717) is 22.6 Å². The molecule has 0 fully saturated rings. The lowest BCUT2D eigenvalue weighted by molar-refractivity contribution is -0.384. The van der Waals surface area contributed by atoms with Crippen LogP contribution in [0.2, 0.25) is 0 Å². The van der Waals surface area contributed by atoms with Crippen molar-refractivity contribution in [1.29, 1.82) is 0 Å². The Labute approximate surface area is 177 Å². The maximum atomic E-state index is 12.7. The van der Waals surface area contributed by atoms with Crippen LogP contribution in [0.15, 0.2) is 75.9 Å². The van der Waals surface area contributed by atoms with Gasteiger partial charge < -0.3 is 13.9 Å². The fraction of sp³-hybridized carbons (Fsp3) is 0.125. The van der Waals surface area contributed by atoms with Crippen LogP contribution in [0.3, 0.4) is 0 Å². The van der Waals surface area contributed by atoms with Gasteiger partial charge in [0.2, 0.25) is 0 Å². The summed E-state index contributed by atoms with van der Waals surface area (Å²) in [4.78, 5) is 23.0. The Balaban J connectivity index is 1.60. The Morgan fingerprint density at radius 3 is 2.29 bits per heavy atom. The first-order chi connectivity index (χ1) is 15.0.